The summed E-state index contributed by atoms with van der Waals surface area (Å²) in [7, 11) is -1.83. The molecule has 0 atom stereocenters. The zero-order chi connectivity index (χ0) is 15.2. The molecule has 1 heterocycles. The van der Waals surface area contributed by atoms with Gasteiger partial charge in [-0.3, -0.25) is 0 Å². The largest absolute Gasteiger partial charge is 0.334 e. The fourth-order valence-corrected chi connectivity index (χ4v) is 3.55. The molecule has 0 fully saturated rings. The third-order valence-corrected chi connectivity index (χ3v) is 5.49. The maximum atomic E-state index is 12.4. The number of aromatic nitrogens is 2. The molecule has 5 nitrogen and oxygen atoms in total. The Morgan fingerprint density at radius 1 is 1.35 bits per heavy atom. The van der Waals surface area contributed by atoms with Gasteiger partial charge >= 0.3 is 0 Å². The molecule has 0 bridgehead atoms. The zero-order valence-electron chi connectivity index (χ0n) is 12.5. The molecule has 7 heteroatoms. The Hall–Kier alpha value is -0.400. The first-order chi connectivity index (χ1) is 9.43. The van der Waals surface area contributed by atoms with Crippen molar-refractivity contribution in [2.45, 2.75) is 51.1 Å². The highest BCUT2D eigenvalue weighted by molar-refractivity contribution is 9.09. The second-order valence-corrected chi connectivity index (χ2v) is 7.68. The molecule has 0 amide bonds. The molecule has 0 aliphatic carbocycles. The van der Waals surface area contributed by atoms with Gasteiger partial charge in [0.25, 0.3) is 10.0 Å². The highest BCUT2D eigenvalue weighted by Gasteiger charge is 2.24. The summed E-state index contributed by atoms with van der Waals surface area (Å²) in [5, 5.41) is 1.12. The fraction of sp³-hybridized carbons (Fsp3) is 0.769. The number of nitrogens with zero attached hydrogens (tertiary/aromatic N) is 3. The van der Waals surface area contributed by atoms with E-state index in [9.17, 15) is 8.42 Å². The van der Waals surface area contributed by atoms with Gasteiger partial charge in [0.2, 0.25) is 0 Å². The number of aryl methyl sites for hydroxylation is 2. The normalized spacial score (nSPS) is 12.2. The lowest BCUT2D eigenvalue weighted by atomic mass is 10.2. The highest BCUT2D eigenvalue weighted by Crippen LogP contribution is 2.15. The molecule has 0 aromatic carbocycles. The highest BCUT2D eigenvalue weighted by atomic mass is 79.9. The van der Waals surface area contributed by atoms with Gasteiger partial charge in [-0.15, -0.1) is 0 Å². The third-order valence-electron chi connectivity index (χ3n) is 3.20. The van der Waals surface area contributed by atoms with Crippen LogP contribution in [0.4, 0.5) is 0 Å². The number of rotatable bonds is 9. The minimum atomic E-state index is -3.46. The van der Waals surface area contributed by atoms with Crippen LogP contribution in [0.3, 0.4) is 0 Å². The van der Waals surface area contributed by atoms with Crippen LogP contribution in [0, 0.1) is 6.92 Å². The predicted octanol–water partition coefficient (Wildman–Crippen LogP) is 2.79. The number of imidazole rings is 1. The van der Waals surface area contributed by atoms with Crippen LogP contribution >= 0.6 is 15.9 Å². The monoisotopic (exact) mass is 365 g/mol. The molecule has 0 spiro atoms. The molecule has 1 aromatic heterocycles. The predicted molar refractivity (Wildman–Crippen MR) is 84.7 cm³/mol. The second kappa shape index (κ2) is 8.14. The van der Waals surface area contributed by atoms with Gasteiger partial charge in [0.15, 0.2) is 5.03 Å². The van der Waals surface area contributed by atoms with Crippen LogP contribution in [0.15, 0.2) is 11.2 Å². The summed E-state index contributed by atoms with van der Waals surface area (Å²) in [6.45, 7) is 5.23. The van der Waals surface area contributed by atoms with Crippen LogP contribution < -0.4 is 0 Å². The maximum Gasteiger partial charge on any atom is 0.261 e. The molecule has 0 radical (unpaired) electrons. The van der Waals surface area contributed by atoms with Crippen molar-refractivity contribution in [1.29, 1.82) is 0 Å². The lowest BCUT2D eigenvalue weighted by Gasteiger charge is -2.15. The van der Waals surface area contributed by atoms with E-state index < -0.39 is 10.0 Å². The van der Waals surface area contributed by atoms with Gasteiger partial charge in [0, 0.05) is 31.7 Å². The summed E-state index contributed by atoms with van der Waals surface area (Å²) in [5.41, 5.74) is 0. The Kier molecular flexibility index (Phi) is 7.19. The zero-order valence-corrected chi connectivity index (χ0v) is 14.9. The van der Waals surface area contributed by atoms with Crippen molar-refractivity contribution in [2.24, 2.45) is 0 Å². The minimum Gasteiger partial charge on any atom is -0.334 e. The van der Waals surface area contributed by atoms with Crippen molar-refractivity contribution < 1.29 is 8.42 Å². The van der Waals surface area contributed by atoms with Gasteiger partial charge in [-0.1, -0.05) is 29.3 Å². The molecule has 0 saturated heterocycles. The standard InChI is InChI=1S/C13H24BrN3O2S/c1-4-9-17-11-13(15-12(17)2)20(18,19)16(3)10-7-5-6-8-14/h11H,4-10H2,1-3H3. The van der Waals surface area contributed by atoms with Crippen LogP contribution in [0.25, 0.3) is 0 Å². The fourth-order valence-electron chi connectivity index (χ4n) is 1.96. The van der Waals surface area contributed by atoms with E-state index in [1.807, 2.05) is 11.5 Å². The number of hydrogen-bond donors (Lipinski definition) is 0. The van der Waals surface area contributed by atoms with E-state index >= 15 is 0 Å². The Labute approximate surface area is 130 Å². The number of sulfonamides is 1. The third kappa shape index (κ3) is 4.56. The van der Waals surface area contributed by atoms with E-state index in [0.29, 0.717) is 6.54 Å². The van der Waals surface area contributed by atoms with Gasteiger partial charge in [0.1, 0.15) is 5.82 Å². The van der Waals surface area contributed by atoms with Crippen molar-refractivity contribution >= 4 is 26.0 Å². The van der Waals surface area contributed by atoms with Gasteiger partial charge < -0.3 is 4.57 Å². The van der Waals surface area contributed by atoms with E-state index in [0.717, 1.165) is 43.4 Å². The van der Waals surface area contributed by atoms with Gasteiger partial charge in [0.05, 0.1) is 0 Å². The summed E-state index contributed by atoms with van der Waals surface area (Å²) in [6, 6.07) is 0. The topological polar surface area (TPSA) is 55.2 Å². The average Bonchev–Trinajstić information content (AvgIpc) is 2.77. The molecule has 1 rings (SSSR count). The minimum absolute atomic E-state index is 0.159. The quantitative estimate of drug-likeness (QED) is 0.499. The second-order valence-electron chi connectivity index (χ2n) is 4.90. The smallest absolute Gasteiger partial charge is 0.261 e. The van der Waals surface area contributed by atoms with E-state index in [-0.39, 0.29) is 5.03 Å². The summed E-state index contributed by atoms with van der Waals surface area (Å²) in [6.07, 6.45) is 5.56. The van der Waals surface area contributed by atoms with Gasteiger partial charge in [-0.25, -0.2) is 13.4 Å². The van der Waals surface area contributed by atoms with Gasteiger partial charge in [-0.2, -0.15) is 4.31 Å². The molecule has 116 valence electrons. The van der Waals surface area contributed by atoms with Gasteiger partial charge in [-0.05, 0) is 26.2 Å². The summed E-state index contributed by atoms with van der Waals surface area (Å²) in [4.78, 5) is 4.19. The first kappa shape index (κ1) is 17.7. The molecular weight excluding hydrogens is 342 g/mol. The first-order valence-corrected chi connectivity index (χ1v) is 9.55. The molecule has 1 aromatic rings. The van der Waals surface area contributed by atoms with Crippen LogP contribution in [-0.4, -0.2) is 41.2 Å². The van der Waals surface area contributed by atoms with Crippen LogP contribution in [0.5, 0.6) is 0 Å². The average molecular weight is 366 g/mol. The van der Waals surface area contributed by atoms with E-state index in [1.54, 1.807) is 13.2 Å². The van der Waals surface area contributed by atoms with Crippen molar-refractivity contribution in [3.05, 3.63) is 12.0 Å². The summed E-state index contributed by atoms with van der Waals surface area (Å²) >= 11 is 3.37. The summed E-state index contributed by atoms with van der Waals surface area (Å²) in [5.74, 6) is 0.748. The van der Waals surface area contributed by atoms with Crippen molar-refractivity contribution in [3.63, 3.8) is 0 Å². The van der Waals surface area contributed by atoms with Crippen LogP contribution in [-0.2, 0) is 16.6 Å². The van der Waals surface area contributed by atoms with Crippen LogP contribution in [0.1, 0.15) is 38.4 Å². The molecular formula is C13H24BrN3O2S. The molecule has 20 heavy (non-hydrogen) atoms. The van der Waals surface area contributed by atoms with Crippen molar-refractivity contribution in [2.75, 3.05) is 18.9 Å². The number of alkyl halides is 1. The Morgan fingerprint density at radius 2 is 2.05 bits per heavy atom. The molecule has 0 aliphatic rings. The molecule has 0 aliphatic heterocycles. The SMILES string of the molecule is CCCn1cc(S(=O)(=O)N(C)CCCCCBr)nc1C. The van der Waals surface area contributed by atoms with Crippen molar-refractivity contribution in [1.82, 2.24) is 13.9 Å². The molecule has 0 unspecified atom stereocenters. The van der Waals surface area contributed by atoms with E-state index in [4.69, 9.17) is 0 Å². The molecule has 0 saturated carbocycles. The number of unbranched alkanes of at least 4 members (excludes halogenated alkanes) is 2. The summed E-state index contributed by atoms with van der Waals surface area (Å²) < 4.78 is 28.1. The molecule has 0 N–H and O–H groups in total. The number of halogens is 1. The Bertz CT molecular complexity index is 514. The maximum absolute atomic E-state index is 12.4. The van der Waals surface area contributed by atoms with Crippen molar-refractivity contribution in [3.8, 4) is 0 Å². The lowest BCUT2D eigenvalue weighted by Crippen LogP contribution is -2.28. The first-order valence-electron chi connectivity index (χ1n) is 6.99. The lowest BCUT2D eigenvalue weighted by molar-refractivity contribution is 0.452. The van der Waals surface area contributed by atoms with E-state index in [2.05, 4.69) is 27.8 Å². The number of hydrogen-bond acceptors (Lipinski definition) is 3. The van der Waals surface area contributed by atoms with Crippen LogP contribution in [0.2, 0.25) is 0 Å². The van der Waals surface area contributed by atoms with E-state index in [1.165, 1.54) is 4.31 Å². The Balaban J connectivity index is 2.74. The Morgan fingerprint density at radius 3 is 2.65 bits per heavy atom.